The molecule has 1 fully saturated rings. The standard InChI is InChI=1S/C16H26NOP.C2H6/c1-3-18-19(2)15-11-9-14(10-12-15)16(17)13-7-5-4-6-8-13;1-2/h9-13,16H,3-8,17H2,1-2H3;1-2H3. The van der Waals surface area contributed by atoms with Crippen molar-refractivity contribution in [3.05, 3.63) is 29.8 Å². The molecule has 1 saturated carbocycles. The van der Waals surface area contributed by atoms with Gasteiger partial charge in [0.25, 0.3) is 0 Å². The molecule has 0 bridgehead atoms. The van der Waals surface area contributed by atoms with Crippen LogP contribution in [0.2, 0.25) is 0 Å². The number of hydrogen-bond donors (Lipinski definition) is 1. The van der Waals surface area contributed by atoms with E-state index >= 15 is 0 Å². The maximum absolute atomic E-state index is 6.43. The minimum absolute atomic E-state index is 0.213. The Morgan fingerprint density at radius 1 is 1.14 bits per heavy atom. The third-order valence-corrected chi connectivity index (χ3v) is 5.79. The minimum Gasteiger partial charge on any atom is -0.355 e. The van der Waals surface area contributed by atoms with E-state index in [4.69, 9.17) is 10.3 Å². The van der Waals surface area contributed by atoms with Gasteiger partial charge in [0.2, 0.25) is 0 Å². The van der Waals surface area contributed by atoms with Crippen molar-refractivity contribution in [2.75, 3.05) is 13.3 Å². The third kappa shape index (κ3) is 5.70. The number of benzene rings is 1. The molecule has 1 aromatic rings. The molecule has 3 heteroatoms. The smallest absolute Gasteiger partial charge is 0.0571 e. The second-order valence-electron chi connectivity index (χ2n) is 5.43. The van der Waals surface area contributed by atoms with Gasteiger partial charge in [0, 0.05) is 18.0 Å². The highest BCUT2D eigenvalue weighted by Crippen LogP contribution is 2.34. The van der Waals surface area contributed by atoms with Crippen LogP contribution in [0.4, 0.5) is 0 Å². The molecule has 1 aromatic carbocycles. The van der Waals surface area contributed by atoms with E-state index in [1.807, 2.05) is 20.8 Å². The van der Waals surface area contributed by atoms with Crippen molar-refractivity contribution < 1.29 is 4.52 Å². The molecule has 2 N–H and O–H groups in total. The molecule has 1 aliphatic rings. The quantitative estimate of drug-likeness (QED) is 0.778. The second kappa shape index (κ2) is 10.3. The Kier molecular flexibility index (Phi) is 9.15. The summed E-state index contributed by atoms with van der Waals surface area (Å²) in [6.45, 7) is 8.99. The van der Waals surface area contributed by atoms with Crippen molar-refractivity contribution in [3.63, 3.8) is 0 Å². The molecule has 2 rings (SSSR count). The zero-order valence-corrected chi connectivity index (χ0v) is 15.0. The van der Waals surface area contributed by atoms with Gasteiger partial charge in [0.15, 0.2) is 0 Å². The van der Waals surface area contributed by atoms with Crippen LogP contribution in [-0.2, 0) is 4.52 Å². The summed E-state index contributed by atoms with van der Waals surface area (Å²) >= 11 is 0. The Bertz CT molecular complexity index is 373. The first-order valence-electron chi connectivity index (χ1n) is 8.44. The van der Waals surface area contributed by atoms with E-state index in [1.54, 1.807) is 0 Å². The maximum atomic E-state index is 6.43. The zero-order valence-electron chi connectivity index (χ0n) is 14.1. The summed E-state index contributed by atoms with van der Waals surface area (Å²) in [5, 5.41) is 1.30. The maximum Gasteiger partial charge on any atom is 0.0571 e. The predicted molar refractivity (Wildman–Crippen MR) is 95.4 cm³/mol. The van der Waals surface area contributed by atoms with Crippen LogP contribution in [0, 0.1) is 5.92 Å². The molecular weight excluding hydrogens is 277 g/mol. The third-order valence-electron chi connectivity index (χ3n) is 4.12. The van der Waals surface area contributed by atoms with Crippen LogP contribution in [0.5, 0.6) is 0 Å². The lowest BCUT2D eigenvalue weighted by Gasteiger charge is -2.28. The van der Waals surface area contributed by atoms with Crippen LogP contribution in [0.1, 0.15) is 64.5 Å². The van der Waals surface area contributed by atoms with Crippen LogP contribution < -0.4 is 11.0 Å². The van der Waals surface area contributed by atoms with Gasteiger partial charge >= 0.3 is 0 Å². The Labute approximate surface area is 132 Å². The van der Waals surface area contributed by atoms with Gasteiger partial charge in [0.1, 0.15) is 0 Å². The molecule has 1 aliphatic carbocycles. The summed E-state index contributed by atoms with van der Waals surface area (Å²) < 4.78 is 5.68. The summed E-state index contributed by atoms with van der Waals surface area (Å²) in [7, 11) is -0.463. The van der Waals surface area contributed by atoms with Crippen molar-refractivity contribution in [2.45, 2.75) is 58.9 Å². The van der Waals surface area contributed by atoms with Crippen molar-refractivity contribution in [3.8, 4) is 0 Å². The lowest BCUT2D eigenvalue weighted by Crippen LogP contribution is -2.23. The molecule has 2 nitrogen and oxygen atoms in total. The van der Waals surface area contributed by atoms with E-state index in [-0.39, 0.29) is 6.04 Å². The molecule has 0 saturated heterocycles. The summed E-state index contributed by atoms with van der Waals surface area (Å²) in [5.74, 6) is 0.676. The molecular formula is C18H32NOP. The average Bonchev–Trinajstić information content (AvgIpc) is 2.57. The van der Waals surface area contributed by atoms with E-state index in [0.717, 1.165) is 6.61 Å². The van der Waals surface area contributed by atoms with Gasteiger partial charge in [-0.25, -0.2) is 0 Å². The second-order valence-corrected chi connectivity index (χ2v) is 7.20. The molecule has 2 unspecified atom stereocenters. The highest BCUT2D eigenvalue weighted by atomic mass is 31.1. The molecule has 21 heavy (non-hydrogen) atoms. The fraction of sp³-hybridized carbons (Fsp3) is 0.667. The Morgan fingerprint density at radius 3 is 2.24 bits per heavy atom. The lowest BCUT2D eigenvalue weighted by molar-refractivity contribution is 0.308. The van der Waals surface area contributed by atoms with E-state index in [9.17, 15) is 0 Å². The summed E-state index contributed by atoms with van der Waals surface area (Å²) in [5.41, 5.74) is 7.72. The van der Waals surface area contributed by atoms with Gasteiger partial charge in [0.05, 0.1) is 8.15 Å². The van der Waals surface area contributed by atoms with Crippen LogP contribution in [0.25, 0.3) is 0 Å². The van der Waals surface area contributed by atoms with Gasteiger partial charge in [-0.2, -0.15) is 0 Å². The van der Waals surface area contributed by atoms with Gasteiger partial charge in [-0.3, -0.25) is 0 Å². The highest BCUT2D eigenvalue weighted by molar-refractivity contribution is 7.60. The largest absolute Gasteiger partial charge is 0.355 e. The Balaban J connectivity index is 0.00000106. The fourth-order valence-corrected chi connectivity index (χ4v) is 4.05. The molecule has 2 atom stereocenters. The molecule has 0 aliphatic heterocycles. The van der Waals surface area contributed by atoms with E-state index < -0.39 is 8.15 Å². The SMILES string of the molecule is CC.CCOP(C)c1ccc(C(N)C2CCCCC2)cc1. The van der Waals surface area contributed by atoms with Gasteiger partial charge in [-0.05, 0) is 37.9 Å². The summed E-state index contributed by atoms with van der Waals surface area (Å²) in [6.07, 6.45) is 6.67. The van der Waals surface area contributed by atoms with Gasteiger partial charge < -0.3 is 10.3 Å². The average molecular weight is 309 g/mol. The summed E-state index contributed by atoms with van der Waals surface area (Å²) in [6, 6.07) is 9.00. The molecule has 0 heterocycles. The topological polar surface area (TPSA) is 35.2 Å². The minimum atomic E-state index is -0.463. The van der Waals surface area contributed by atoms with Crippen molar-refractivity contribution in [1.29, 1.82) is 0 Å². The predicted octanol–water partition coefficient (Wildman–Crippen LogP) is 4.98. The fourth-order valence-electron chi connectivity index (χ4n) is 2.94. The van der Waals surface area contributed by atoms with Crippen LogP contribution >= 0.6 is 8.15 Å². The highest BCUT2D eigenvalue weighted by Gasteiger charge is 2.21. The lowest BCUT2D eigenvalue weighted by atomic mass is 9.81. The van der Waals surface area contributed by atoms with E-state index in [1.165, 1.54) is 43.0 Å². The van der Waals surface area contributed by atoms with Crippen molar-refractivity contribution in [2.24, 2.45) is 11.7 Å². The normalized spacial score (nSPS) is 18.5. The first-order valence-corrected chi connectivity index (χ1v) is 10.1. The number of nitrogens with two attached hydrogens (primary N) is 1. The number of hydrogen-bond acceptors (Lipinski definition) is 2. The molecule has 0 radical (unpaired) electrons. The van der Waals surface area contributed by atoms with Gasteiger partial charge in [-0.15, -0.1) is 0 Å². The van der Waals surface area contributed by atoms with Gasteiger partial charge in [-0.1, -0.05) is 57.4 Å². The van der Waals surface area contributed by atoms with Crippen LogP contribution in [0.15, 0.2) is 24.3 Å². The number of rotatable bonds is 5. The Hall–Kier alpha value is -0.430. The van der Waals surface area contributed by atoms with Crippen LogP contribution in [0.3, 0.4) is 0 Å². The van der Waals surface area contributed by atoms with Crippen LogP contribution in [-0.4, -0.2) is 13.3 Å². The van der Waals surface area contributed by atoms with E-state index in [0.29, 0.717) is 5.92 Å². The van der Waals surface area contributed by atoms with Crippen molar-refractivity contribution in [1.82, 2.24) is 0 Å². The summed E-state index contributed by atoms with van der Waals surface area (Å²) in [4.78, 5) is 0. The van der Waals surface area contributed by atoms with Crippen molar-refractivity contribution >= 4 is 13.5 Å². The monoisotopic (exact) mass is 309 g/mol. The first-order chi connectivity index (χ1) is 10.2. The van der Waals surface area contributed by atoms with E-state index in [2.05, 4.69) is 30.9 Å². The Morgan fingerprint density at radius 2 is 1.71 bits per heavy atom. The first kappa shape index (κ1) is 18.6. The molecule has 120 valence electrons. The zero-order chi connectivity index (χ0) is 15.7. The molecule has 0 spiro atoms. The molecule has 0 aromatic heterocycles. The molecule has 0 amide bonds.